The molecule has 0 spiro atoms. The molecule has 0 unspecified atom stereocenters. The van der Waals surface area contributed by atoms with Crippen molar-refractivity contribution in [1.29, 1.82) is 0 Å². The largest absolute Gasteiger partial charge is 0.0899 e. The second-order valence-electron chi connectivity index (χ2n) is 3.31. The fourth-order valence-electron chi connectivity index (χ4n) is 1.58. The molecule has 0 aromatic carbocycles. The van der Waals surface area contributed by atoms with Crippen LogP contribution in [0.1, 0.15) is 46.0 Å². The summed E-state index contributed by atoms with van der Waals surface area (Å²) in [6.45, 7) is 4.61. The van der Waals surface area contributed by atoms with Crippen molar-refractivity contribution in [3.8, 4) is 0 Å². The van der Waals surface area contributed by atoms with Crippen LogP contribution >= 0.6 is 0 Å². The highest BCUT2D eigenvalue weighted by Gasteiger charge is 2.23. The summed E-state index contributed by atoms with van der Waals surface area (Å²) < 4.78 is 0. The first-order valence-electron chi connectivity index (χ1n) is 4.14. The Bertz CT molecular complexity index is 68.1. The van der Waals surface area contributed by atoms with Gasteiger partial charge in [0.2, 0.25) is 0 Å². The maximum atomic E-state index is 2.31. The first-order valence-corrected chi connectivity index (χ1v) is 4.14. The molecule has 52 valence electrons. The van der Waals surface area contributed by atoms with Crippen molar-refractivity contribution < 1.29 is 0 Å². The lowest BCUT2D eigenvalue weighted by atomic mass is 9.82. The van der Waals surface area contributed by atoms with Gasteiger partial charge in [0.1, 0.15) is 0 Å². The molecule has 1 aliphatic rings. The Morgan fingerprint density at radius 3 is 2.33 bits per heavy atom. The zero-order chi connectivity index (χ0) is 6.69. The number of hydrogen-bond donors (Lipinski definition) is 0. The van der Waals surface area contributed by atoms with E-state index in [4.69, 9.17) is 0 Å². The molecule has 0 aromatic heterocycles. The van der Waals surface area contributed by atoms with Crippen LogP contribution in [0, 0.1) is 11.8 Å². The topological polar surface area (TPSA) is 0 Å². The van der Waals surface area contributed by atoms with E-state index in [9.17, 15) is 0 Å². The molecule has 0 nitrogen and oxygen atoms in total. The lowest BCUT2D eigenvalue weighted by Crippen LogP contribution is -2.09. The second kappa shape index (κ2) is 3.14. The van der Waals surface area contributed by atoms with E-state index in [1.165, 1.54) is 32.1 Å². The number of rotatable bonds is 1. The van der Waals surface area contributed by atoms with Gasteiger partial charge in [-0.2, -0.15) is 0 Å². The molecule has 0 bridgehead atoms. The van der Waals surface area contributed by atoms with Crippen LogP contribution in [0.4, 0.5) is 0 Å². The lowest BCUT2D eigenvalue weighted by molar-refractivity contribution is 0.370. The van der Waals surface area contributed by atoms with Crippen molar-refractivity contribution in [3.05, 3.63) is 5.92 Å². The average molecular weight is 125 g/mol. The molecule has 0 heterocycles. The summed E-state index contributed by atoms with van der Waals surface area (Å²) in [5.41, 5.74) is 0. The zero-order valence-corrected chi connectivity index (χ0v) is 6.61. The summed E-state index contributed by atoms with van der Waals surface area (Å²) in [6, 6.07) is 0. The van der Waals surface area contributed by atoms with Gasteiger partial charge in [-0.05, 0) is 18.8 Å². The van der Waals surface area contributed by atoms with Crippen LogP contribution in [0.2, 0.25) is 0 Å². The van der Waals surface area contributed by atoms with Gasteiger partial charge in [0.05, 0.1) is 25.7 Å². The van der Waals surface area contributed by atoms with E-state index < -0.39 is 0 Å². The van der Waals surface area contributed by atoms with Gasteiger partial charge in [-0.25, -0.2) is 0 Å². The molecule has 0 aliphatic heterocycles. The Kier molecular flexibility index (Phi) is 2.44. The summed E-state index contributed by atoms with van der Waals surface area (Å²) in [6.07, 6.45) is 7.12. The van der Waals surface area contributed by atoms with Crippen molar-refractivity contribution in [3.63, 3.8) is 0 Å². The molecular formula is C9H17+. The van der Waals surface area contributed by atoms with Crippen molar-refractivity contribution >= 4 is 0 Å². The van der Waals surface area contributed by atoms with Crippen molar-refractivity contribution in [1.82, 2.24) is 0 Å². The highest BCUT2D eigenvalue weighted by atomic mass is 14.2. The minimum Gasteiger partial charge on any atom is -0.0651 e. The van der Waals surface area contributed by atoms with Crippen LogP contribution < -0.4 is 0 Å². The molecule has 0 atom stereocenters. The minimum atomic E-state index is 1.05. The van der Waals surface area contributed by atoms with Crippen LogP contribution in [-0.2, 0) is 0 Å². The fourth-order valence-corrected chi connectivity index (χ4v) is 1.58. The van der Waals surface area contributed by atoms with Crippen LogP contribution in [0.3, 0.4) is 0 Å². The van der Waals surface area contributed by atoms with E-state index in [-0.39, 0.29) is 0 Å². The lowest BCUT2D eigenvalue weighted by Gasteiger charge is -2.17. The van der Waals surface area contributed by atoms with Crippen LogP contribution in [-0.4, -0.2) is 0 Å². The SMILES string of the molecule is CCC1CC[C+](C)CC1. The summed E-state index contributed by atoms with van der Waals surface area (Å²) in [5, 5.41) is 0. The van der Waals surface area contributed by atoms with E-state index >= 15 is 0 Å². The third kappa shape index (κ3) is 1.92. The van der Waals surface area contributed by atoms with Crippen LogP contribution in [0.5, 0.6) is 0 Å². The van der Waals surface area contributed by atoms with E-state index in [0.717, 1.165) is 5.92 Å². The molecule has 0 N–H and O–H groups in total. The predicted molar refractivity (Wildman–Crippen MR) is 41.2 cm³/mol. The molecule has 0 saturated heterocycles. The maximum absolute atomic E-state index is 2.31. The van der Waals surface area contributed by atoms with Crippen molar-refractivity contribution in [2.24, 2.45) is 5.92 Å². The standard InChI is InChI=1S/C9H17/c1-3-9-6-4-8(2)5-7-9/h9H,3-7H2,1-2H3/q+1. The van der Waals surface area contributed by atoms with Gasteiger partial charge >= 0.3 is 0 Å². The van der Waals surface area contributed by atoms with Gasteiger partial charge in [-0.3, -0.25) is 0 Å². The Hall–Kier alpha value is -0.130. The molecule has 1 fully saturated rings. The van der Waals surface area contributed by atoms with Crippen LogP contribution in [0.25, 0.3) is 0 Å². The molecule has 1 aliphatic carbocycles. The quantitative estimate of drug-likeness (QED) is 0.472. The highest BCUT2D eigenvalue weighted by molar-refractivity contribution is 4.89. The highest BCUT2D eigenvalue weighted by Crippen LogP contribution is 2.30. The molecule has 0 aromatic rings. The molecule has 0 amide bonds. The van der Waals surface area contributed by atoms with E-state index in [1.807, 2.05) is 0 Å². The van der Waals surface area contributed by atoms with E-state index in [1.54, 1.807) is 5.92 Å². The normalized spacial score (nSPS) is 22.7. The van der Waals surface area contributed by atoms with Crippen molar-refractivity contribution in [2.45, 2.75) is 46.0 Å². The zero-order valence-electron chi connectivity index (χ0n) is 6.61. The van der Waals surface area contributed by atoms with Gasteiger partial charge < -0.3 is 0 Å². The summed E-state index contributed by atoms with van der Waals surface area (Å²) in [4.78, 5) is 0. The van der Waals surface area contributed by atoms with Gasteiger partial charge in [0.15, 0.2) is 0 Å². The molecule has 9 heavy (non-hydrogen) atoms. The molecular weight excluding hydrogens is 108 g/mol. The molecule has 0 heteroatoms. The first kappa shape index (κ1) is 6.98. The molecule has 1 rings (SSSR count). The smallest absolute Gasteiger partial charge is 0.0651 e. The second-order valence-corrected chi connectivity index (χ2v) is 3.31. The molecule has 1 saturated carbocycles. The van der Waals surface area contributed by atoms with Gasteiger partial charge in [-0.15, -0.1) is 0 Å². The van der Waals surface area contributed by atoms with E-state index in [2.05, 4.69) is 13.8 Å². The minimum absolute atomic E-state index is 1.05. The van der Waals surface area contributed by atoms with Crippen LogP contribution in [0.15, 0.2) is 0 Å². The number of hydrogen-bond acceptors (Lipinski definition) is 0. The summed E-state index contributed by atoms with van der Waals surface area (Å²) in [5.74, 6) is 2.77. The maximum Gasteiger partial charge on any atom is 0.0899 e. The Balaban J connectivity index is 2.18. The predicted octanol–water partition coefficient (Wildman–Crippen LogP) is 3.18. The Morgan fingerprint density at radius 1 is 1.33 bits per heavy atom. The van der Waals surface area contributed by atoms with Gasteiger partial charge in [0, 0.05) is 0 Å². The monoisotopic (exact) mass is 125 g/mol. The van der Waals surface area contributed by atoms with E-state index in [0.29, 0.717) is 0 Å². The van der Waals surface area contributed by atoms with Gasteiger partial charge in [0.25, 0.3) is 0 Å². The average Bonchev–Trinajstić information content (AvgIpc) is 1.90. The first-order chi connectivity index (χ1) is 4.33. The fraction of sp³-hybridized carbons (Fsp3) is 0.889. The Morgan fingerprint density at radius 2 is 1.89 bits per heavy atom. The van der Waals surface area contributed by atoms with Crippen molar-refractivity contribution in [2.75, 3.05) is 0 Å². The Labute approximate surface area is 58.7 Å². The van der Waals surface area contributed by atoms with Gasteiger partial charge in [-0.1, -0.05) is 13.3 Å². The third-order valence-corrected chi connectivity index (χ3v) is 2.54. The third-order valence-electron chi connectivity index (χ3n) is 2.54. The summed E-state index contributed by atoms with van der Waals surface area (Å²) in [7, 11) is 0. The summed E-state index contributed by atoms with van der Waals surface area (Å²) >= 11 is 0. The molecule has 0 radical (unpaired) electrons.